The Labute approximate surface area is 96.8 Å². The normalized spacial score (nSPS) is 19.1. The van der Waals surface area contributed by atoms with Crippen molar-refractivity contribution in [1.29, 1.82) is 0 Å². The van der Waals surface area contributed by atoms with Crippen molar-refractivity contribution in [2.24, 2.45) is 5.16 Å². The van der Waals surface area contributed by atoms with Crippen LogP contribution in [-0.2, 0) is 4.84 Å². The highest BCUT2D eigenvalue weighted by atomic mass is 35.5. The molecule has 6 heteroatoms. The van der Waals surface area contributed by atoms with E-state index in [-0.39, 0.29) is 11.8 Å². The summed E-state index contributed by atoms with van der Waals surface area (Å²) in [5.74, 6) is 0.327. The van der Waals surface area contributed by atoms with Gasteiger partial charge in [0.25, 0.3) is 5.69 Å². The number of hydrogen-bond donors (Lipinski definition) is 0. The van der Waals surface area contributed by atoms with E-state index in [4.69, 9.17) is 16.4 Å². The van der Waals surface area contributed by atoms with Crippen LogP contribution in [0.25, 0.3) is 0 Å². The Balaban J connectivity index is 2.31. The lowest BCUT2D eigenvalue weighted by atomic mass is 10.0. The molecule has 1 aliphatic rings. The monoisotopic (exact) mass is 240 g/mol. The fourth-order valence-electron chi connectivity index (χ4n) is 1.55. The smallest absolute Gasteiger partial charge is 0.278 e. The minimum atomic E-state index is -0.425. The molecule has 0 spiro atoms. The number of nitro groups is 1. The second kappa shape index (κ2) is 4.49. The molecule has 1 atom stereocenters. The maximum Gasteiger partial charge on any atom is 0.278 e. The first-order valence-corrected chi connectivity index (χ1v) is 5.28. The lowest BCUT2D eigenvalue weighted by molar-refractivity contribution is -0.385. The minimum Gasteiger partial charge on any atom is -0.391 e. The minimum absolute atomic E-state index is 0.0417. The fourth-order valence-corrected chi connectivity index (χ4v) is 1.71. The van der Waals surface area contributed by atoms with E-state index >= 15 is 0 Å². The van der Waals surface area contributed by atoms with Gasteiger partial charge in [0.2, 0.25) is 0 Å². The second-order valence-electron chi connectivity index (χ2n) is 3.40. The van der Waals surface area contributed by atoms with Crippen LogP contribution in [0.3, 0.4) is 0 Å². The van der Waals surface area contributed by atoms with Gasteiger partial charge in [-0.2, -0.15) is 0 Å². The van der Waals surface area contributed by atoms with Crippen LogP contribution in [0.2, 0.25) is 0 Å². The van der Waals surface area contributed by atoms with Gasteiger partial charge in [0, 0.05) is 12.5 Å². The number of para-hydroxylation sites is 1. The molecule has 0 saturated carbocycles. The van der Waals surface area contributed by atoms with Crippen molar-refractivity contribution in [3.63, 3.8) is 0 Å². The van der Waals surface area contributed by atoms with E-state index in [0.717, 1.165) is 0 Å². The van der Waals surface area contributed by atoms with E-state index in [9.17, 15) is 10.1 Å². The summed E-state index contributed by atoms with van der Waals surface area (Å²) >= 11 is 5.63. The standard InChI is InChI=1S/C10H9ClN2O3/c11-6-7-5-9(12-16-7)8-3-1-2-4-10(8)13(14)15/h1-4,7H,5-6H2/t7-/m0/s1. The Kier molecular flexibility index (Phi) is 3.05. The summed E-state index contributed by atoms with van der Waals surface area (Å²) in [4.78, 5) is 15.4. The number of oxime groups is 1. The van der Waals surface area contributed by atoms with E-state index in [2.05, 4.69) is 5.16 Å². The molecule has 0 amide bonds. The third kappa shape index (κ3) is 1.99. The predicted octanol–water partition coefficient (Wildman–Crippen LogP) is 2.33. The zero-order valence-corrected chi connectivity index (χ0v) is 9.05. The van der Waals surface area contributed by atoms with Gasteiger partial charge in [0.1, 0.15) is 6.10 Å². The molecule has 0 N–H and O–H groups in total. The molecular formula is C10H9ClN2O3. The van der Waals surface area contributed by atoms with Crippen LogP contribution in [0.15, 0.2) is 29.4 Å². The number of hydrogen-bond acceptors (Lipinski definition) is 4. The van der Waals surface area contributed by atoms with Crippen LogP contribution in [0.5, 0.6) is 0 Å². The van der Waals surface area contributed by atoms with E-state index in [1.54, 1.807) is 18.2 Å². The first-order chi connectivity index (χ1) is 7.72. The third-order valence-electron chi connectivity index (χ3n) is 2.32. The van der Waals surface area contributed by atoms with Crippen LogP contribution in [-0.4, -0.2) is 22.6 Å². The van der Waals surface area contributed by atoms with Crippen LogP contribution >= 0.6 is 11.6 Å². The number of halogens is 1. The number of alkyl halides is 1. The first-order valence-electron chi connectivity index (χ1n) is 4.75. The Morgan fingerprint density at radius 3 is 2.94 bits per heavy atom. The maximum atomic E-state index is 10.8. The lowest BCUT2D eigenvalue weighted by Crippen LogP contribution is -2.10. The van der Waals surface area contributed by atoms with Crippen LogP contribution in [0.4, 0.5) is 5.69 Å². The summed E-state index contributed by atoms with van der Waals surface area (Å²) in [7, 11) is 0. The molecule has 5 nitrogen and oxygen atoms in total. The number of benzene rings is 1. The van der Waals surface area contributed by atoms with Gasteiger partial charge in [0.05, 0.1) is 22.1 Å². The van der Waals surface area contributed by atoms with Crippen molar-refractivity contribution in [3.05, 3.63) is 39.9 Å². The first kappa shape index (κ1) is 10.9. The predicted molar refractivity (Wildman–Crippen MR) is 59.8 cm³/mol. The van der Waals surface area contributed by atoms with Gasteiger partial charge in [-0.3, -0.25) is 10.1 Å². The molecule has 1 aromatic rings. The zero-order chi connectivity index (χ0) is 11.5. The molecular weight excluding hydrogens is 232 g/mol. The Bertz CT molecular complexity index is 447. The van der Waals surface area contributed by atoms with Crippen LogP contribution in [0.1, 0.15) is 12.0 Å². The molecule has 0 bridgehead atoms. The quantitative estimate of drug-likeness (QED) is 0.463. The van der Waals surface area contributed by atoms with E-state index in [1.165, 1.54) is 6.07 Å². The van der Waals surface area contributed by atoms with Crippen molar-refractivity contribution in [2.45, 2.75) is 12.5 Å². The zero-order valence-electron chi connectivity index (χ0n) is 8.30. The number of rotatable bonds is 3. The second-order valence-corrected chi connectivity index (χ2v) is 3.71. The summed E-state index contributed by atoms with van der Waals surface area (Å²) in [5.41, 5.74) is 1.12. The summed E-state index contributed by atoms with van der Waals surface area (Å²) < 4.78 is 0. The maximum absolute atomic E-state index is 10.8. The molecule has 1 aromatic carbocycles. The number of nitro benzene ring substituents is 1. The van der Waals surface area contributed by atoms with Gasteiger partial charge >= 0.3 is 0 Å². The molecule has 1 aliphatic heterocycles. The van der Waals surface area contributed by atoms with Crippen molar-refractivity contribution in [3.8, 4) is 0 Å². The van der Waals surface area contributed by atoms with Crippen molar-refractivity contribution in [2.75, 3.05) is 5.88 Å². The highest BCUT2D eigenvalue weighted by Crippen LogP contribution is 2.24. The molecule has 0 saturated heterocycles. The summed E-state index contributed by atoms with van der Waals surface area (Å²) in [6.07, 6.45) is 0.324. The average Bonchev–Trinajstić information content (AvgIpc) is 2.77. The molecule has 16 heavy (non-hydrogen) atoms. The molecule has 1 heterocycles. The van der Waals surface area contributed by atoms with Gasteiger partial charge < -0.3 is 4.84 Å². The van der Waals surface area contributed by atoms with Crippen molar-refractivity contribution < 1.29 is 9.76 Å². The average molecular weight is 241 g/mol. The van der Waals surface area contributed by atoms with Gasteiger partial charge in [0.15, 0.2) is 0 Å². The molecule has 0 aliphatic carbocycles. The fraction of sp³-hybridized carbons (Fsp3) is 0.300. The van der Waals surface area contributed by atoms with E-state index in [0.29, 0.717) is 23.6 Å². The highest BCUT2D eigenvalue weighted by molar-refractivity contribution is 6.18. The highest BCUT2D eigenvalue weighted by Gasteiger charge is 2.26. The van der Waals surface area contributed by atoms with Gasteiger partial charge in [-0.15, -0.1) is 11.6 Å². The topological polar surface area (TPSA) is 64.7 Å². The molecule has 0 fully saturated rings. The van der Waals surface area contributed by atoms with Crippen LogP contribution < -0.4 is 0 Å². The van der Waals surface area contributed by atoms with Crippen LogP contribution in [0, 0.1) is 10.1 Å². The Morgan fingerprint density at radius 2 is 2.31 bits per heavy atom. The molecule has 2 rings (SSSR count). The van der Waals surface area contributed by atoms with E-state index in [1.807, 2.05) is 0 Å². The SMILES string of the molecule is O=[N+]([O-])c1ccccc1C1=NO[C@H](CCl)C1. The summed E-state index contributed by atoms with van der Waals surface area (Å²) in [6, 6.07) is 6.47. The largest absolute Gasteiger partial charge is 0.391 e. The summed E-state index contributed by atoms with van der Waals surface area (Å²) in [5, 5.41) is 14.6. The lowest BCUT2D eigenvalue weighted by Gasteiger charge is -2.01. The third-order valence-corrected chi connectivity index (χ3v) is 2.66. The summed E-state index contributed by atoms with van der Waals surface area (Å²) in [6.45, 7) is 0. The number of nitrogens with zero attached hydrogens (tertiary/aromatic N) is 2. The molecule has 0 unspecified atom stereocenters. The van der Waals surface area contributed by atoms with Gasteiger partial charge in [-0.1, -0.05) is 17.3 Å². The van der Waals surface area contributed by atoms with E-state index < -0.39 is 4.92 Å². The molecule has 0 radical (unpaired) electrons. The molecule has 0 aromatic heterocycles. The van der Waals surface area contributed by atoms with Crippen molar-refractivity contribution in [1.82, 2.24) is 0 Å². The van der Waals surface area contributed by atoms with Gasteiger partial charge in [-0.25, -0.2) is 0 Å². The van der Waals surface area contributed by atoms with Crippen molar-refractivity contribution >= 4 is 23.0 Å². The van der Waals surface area contributed by atoms with Gasteiger partial charge in [-0.05, 0) is 6.07 Å². The Hall–Kier alpha value is -1.62. The molecule has 84 valence electrons. The Morgan fingerprint density at radius 1 is 1.56 bits per heavy atom.